The van der Waals surface area contributed by atoms with E-state index in [1.807, 2.05) is 48.5 Å². The summed E-state index contributed by atoms with van der Waals surface area (Å²) >= 11 is 5.92. The maximum absolute atomic E-state index is 5.92. The molecule has 17 heavy (non-hydrogen) atoms. The van der Waals surface area contributed by atoms with Crippen molar-refractivity contribution < 1.29 is 0 Å². The maximum atomic E-state index is 5.92. The molecule has 0 unspecified atom stereocenters. The van der Waals surface area contributed by atoms with Gasteiger partial charge in [0.05, 0.1) is 0 Å². The molecule has 0 fully saturated rings. The van der Waals surface area contributed by atoms with Crippen LogP contribution in [0.25, 0.3) is 0 Å². The van der Waals surface area contributed by atoms with Gasteiger partial charge in [-0.05, 0) is 36.2 Å². The molecule has 0 nitrogen and oxygen atoms in total. The Balaban J connectivity index is 1.90. The summed E-state index contributed by atoms with van der Waals surface area (Å²) in [5, 5.41) is 0.790. The van der Waals surface area contributed by atoms with Gasteiger partial charge >= 0.3 is 0 Å². The summed E-state index contributed by atoms with van der Waals surface area (Å²) in [6.45, 7) is 0. The first-order valence-corrected chi connectivity index (χ1v) is 6.01. The second-order valence-corrected chi connectivity index (χ2v) is 4.23. The molecule has 0 saturated heterocycles. The molecular weight excluding hydrogens is 228 g/mol. The zero-order valence-electron chi connectivity index (χ0n) is 9.49. The fraction of sp³-hybridized carbons (Fsp3) is 0.125. The van der Waals surface area contributed by atoms with Crippen LogP contribution in [-0.4, -0.2) is 0 Å². The Morgan fingerprint density at radius 1 is 0.941 bits per heavy atom. The zero-order chi connectivity index (χ0) is 11.9. The quantitative estimate of drug-likeness (QED) is 0.686. The summed E-state index contributed by atoms with van der Waals surface area (Å²) in [7, 11) is 0. The second-order valence-electron chi connectivity index (χ2n) is 3.80. The van der Waals surface area contributed by atoms with E-state index in [-0.39, 0.29) is 0 Å². The van der Waals surface area contributed by atoms with Gasteiger partial charge in [0.25, 0.3) is 0 Å². The summed E-state index contributed by atoms with van der Waals surface area (Å²) in [5.41, 5.74) is 2.30. The first-order valence-electron chi connectivity index (χ1n) is 5.63. The summed E-state index contributed by atoms with van der Waals surface area (Å²) in [6.07, 6.45) is 1.80. The van der Waals surface area contributed by atoms with Gasteiger partial charge in [-0.1, -0.05) is 53.8 Å². The van der Waals surface area contributed by atoms with Gasteiger partial charge in [-0.3, -0.25) is 0 Å². The largest absolute Gasteiger partial charge is 0.0975 e. The van der Waals surface area contributed by atoms with Gasteiger partial charge in [0.1, 0.15) is 0 Å². The van der Waals surface area contributed by atoms with Gasteiger partial charge in [0.15, 0.2) is 0 Å². The van der Waals surface area contributed by atoms with Gasteiger partial charge < -0.3 is 0 Å². The van der Waals surface area contributed by atoms with E-state index in [0.717, 1.165) is 23.4 Å². The van der Waals surface area contributed by atoms with Crippen molar-refractivity contribution in [3.05, 3.63) is 70.7 Å². The Labute approximate surface area is 107 Å². The highest BCUT2D eigenvalue weighted by Gasteiger charge is 1.92. The van der Waals surface area contributed by atoms with Crippen LogP contribution in [0.4, 0.5) is 0 Å². The van der Waals surface area contributed by atoms with E-state index in [9.17, 15) is 0 Å². The zero-order valence-corrected chi connectivity index (χ0v) is 10.2. The molecule has 0 atom stereocenters. The van der Waals surface area contributed by atoms with Gasteiger partial charge in [-0.15, -0.1) is 0 Å². The van der Waals surface area contributed by atoms with E-state index in [1.165, 1.54) is 5.56 Å². The predicted octanol–water partition coefficient (Wildman–Crippen LogP) is 4.32. The highest BCUT2D eigenvalue weighted by Crippen LogP contribution is 2.11. The predicted molar refractivity (Wildman–Crippen MR) is 73.1 cm³/mol. The van der Waals surface area contributed by atoms with Crippen LogP contribution in [0.3, 0.4) is 0 Å². The minimum atomic E-state index is 0.790. The Hall–Kier alpha value is -1.71. The van der Waals surface area contributed by atoms with E-state index in [4.69, 9.17) is 11.6 Å². The molecule has 0 saturated carbocycles. The first-order chi connectivity index (χ1) is 8.34. The Morgan fingerprint density at radius 2 is 1.76 bits per heavy atom. The van der Waals surface area contributed by atoms with Crippen LogP contribution in [0.5, 0.6) is 0 Å². The summed E-state index contributed by atoms with van der Waals surface area (Å²) in [6, 6.07) is 18.0. The third kappa shape index (κ3) is 3.98. The lowest BCUT2D eigenvalue weighted by molar-refractivity contribution is 1.03. The topological polar surface area (TPSA) is 0 Å². The van der Waals surface area contributed by atoms with Crippen molar-refractivity contribution in [2.24, 2.45) is 0 Å². The van der Waals surface area contributed by atoms with Gasteiger partial charge in [0.2, 0.25) is 0 Å². The molecule has 0 aliphatic heterocycles. The molecule has 1 heteroatoms. The third-order valence-corrected chi connectivity index (χ3v) is 2.67. The maximum Gasteiger partial charge on any atom is 0.0408 e. The van der Waals surface area contributed by atoms with Gasteiger partial charge in [0, 0.05) is 17.0 Å². The van der Waals surface area contributed by atoms with E-state index < -0.39 is 0 Å². The van der Waals surface area contributed by atoms with E-state index in [1.54, 1.807) is 0 Å². The lowest BCUT2D eigenvalue weighted by Gasteiger charge is -1.97. The van der Waals surface area contributed by atoms with E-state index >= 15 is 0 Å². The molecule has 0 heterocycles. The van der Waals surface area contributed by atoms with Crippen LogP contribution in [-0.2, 0) is 6.42 Å². The molecule has 0 aliphatic carbocycles. The van der Waals surface area contributed by atoms with Crippen molar-refractivity contribution in [3.63, 3.8) is 0 Å². The number of benzene rings is 2. The standard InChI is InChI=1S/C16H13Cl/c17-16-12-6-11-15(13-16)10-5-4-9-14-7-2-1-3-8-14/h1-3,6-8,11-13H,5,10H2. The highest BCUT2D eigenvalue weighted by atomic mass is 35.5. The van der Waals surface area contributed by atoms with Crippen LogP contribution in [0, 0.1) is 11.8 Å². The second kappa shape index (κ2) is 6.13. The van der Waals surface area contributed by atoms with Gasteiger partial charge in [-0.2, -0.15) is 0 Å². The molecule has 0 aliphatic rings. The van der Waals surface area contributed by atoms with Crippen LogP contribution in [0.1, 0.15) is 17.5 Å². The molecule has 2 rings (SSSR count). The Morgan fingerprint density at radius 3 is 2.53 bits per heavy atom. The smallest absolute Gasteiger partial charge is 0.0408 e. The number of hydrogen-bond acceptors (Lipinski definition) is 0. The highest BCUT2D eigenvalue weighted by molar-refractivity contribution is 6.30. The normalized spacial score (nSPS) is 9.47. The van der Waals surface area contributed by atoms with Crippen molar-refractivity contribution in [2.75, 3.05) is 0 Å². The van der Waals surface area contributed by atoms with Crippen molar-refractivity contribution in [1.82, 2.24) is 0 Å². The molecule has 2 aromatic rings. The first kappa shape index (κ1) is 11.8. The average molecular weight is 241 g/mol. The molecule has 84 valence electrons. The van der Waals surface area contributed by atoms with Crippen molar-refractivity contribution in [2.45, 2.75) is 12.8 Å². The number of hydrogen-bond donors (Lipinski definition) is 0. The lowest BCUT2D eigenvalue weighted by Crippen LogP contribution is -1.82. The Kier molecular flexibility index (Phi) is 4.24. The van der Waals surface area contributed by atoms with Crippen LogP contribution in [0.15, 0.2) is 54.6 Å². The number of halogens is 1. The minimum absolute atomic E-state index is 0.790. The Bertz CT molecular complexity index is 532. The average Bonchev–Trinajstić information content (AvgIpc) is 2.36. The molecule has 0 N–H and O–H groups in total. The molecule has 0 spiro atoms. The molecule has 2 aromatic carbocycles. The van der Waals surface area contributed by atoms with Crippen molar-refractivity contribution in [3.8, 4) is 11.8 Å². The van der Waals surface area contributed by atoms with Crippen LogP contribution >= 0.6 is 11.6 Å². The number of aryl methyl sites for hydroxylation is 1. The minimum Gasteiger partial charge on any atom is -0.0975 e. The summed E-state index contributed by atoms with van der Waals surface area (Å²) in [4.78, 5) is 0. The molecule has 0 amide bonds. The van der Waals surface area contributed by atoms with E-state index in [2.05, 4.69) is 17.9 Å². The molecule has 0 aromatic heterocycles. The van der Waals surface area contributed by atoms with Crippen LogP contribution in [0.2, 0.25) is 5.02 Å². The summed E-state index contributed by atoms with van der Waals surface area (Å²) < 4.78 is 0. The van der Waals surface area contributed by atoms with Crippen molar-refractivity contribution >= 4 is 11.6 Å². The third-order valence-electron chi connectivity index (χ3n) is 2.43. The molecule has 0 bridgehead atoms. The lowest BCUT2D eigenvalue weighted by atomic mass is 10.1. The fourth-order valence-electron chi connectivity index (χ4n) is 1.59. The number of rotatable bonds is 2. The van der Waals surface area contributed by atoms with Gasteiger partial charge in [-0.25, -0.2) is 0 Å². The summed E-state index contributed by atoms with van der Waals surface area (Å²) in [5.74, 6) is 6.32. The van der Waals surface area contributed by atoms with Crippen LogP contribution < -0.4 is 0 Å². The fourth-order valence-corrected chi connectivity index (χ4v) is 1.80. The molecule has 0 radical (unpaired) electrons. The van der Waals surface area contributed by atoms with Crippen molar-refractivity contribution in [1.29, 1.82) is 0 Å². The monoisotopic (exact) mass is 240 g/mol. The molecular formula is C16H13Cl. The van der Waals surface area contributed by atoms with E-state index in [0.29, 0.717) is 0 Å². The SMILES string of the molecule is Clc1cccc(CCC#Cc2ccccc2)c1.